The van der Waals surface area contributed by atoms with Crippen LogP contribution < -0.4 is 11.1 Å². The van der Waals surface area contributed by atoms with Crippen molar-refractivity contribution in [3.8, 4) is 0 Å². The fraction of sp³-hybridized carbons (Fsp3) is 0.417. The van der Waals surface area contributed by atoms with E-state index in [2.05, 4.69) is 20.9 Å². The van der Waals surface area contributed by atoms with Crippen molar-refractivity contribution in [1.82, 2.24) is 14.7 Å². The summed E-state index contributed by atoms with van der Waals surface area (Å²) in [7, 11) is 0. The number of imidazole rings is 1. The number of hydrogen-bond donors (Lipinski definition) is 2. The van der Waals surface area contributed by atoms with Gasteiger partial charge in [-0.15, -0.1) is 0 Å². The normalized spacial score (nSPS) is 20.7. The molecular weight excluding hydrogens is 200 g/mol. The van der Waals surface area contributed by atoms with Gasteiger partial charge < -0.3 is 15.5 Å². The van der Waals surface area contributed by atoms with E-state index in [0.717, 1.165) is 23.4 Å². The Hall–Kier alpha value is -1.39. The molecule has 0 bridgehead atoms. The number of hydrogen-bond acceptors (Lipinski definition) is 3. The Balaban J connectivity index is 2.07. The average Bonchev–Trinajstić information content (AvgIpc) is 2.96. The van der Waals surface area contributed by atoms with Gasteiger partial charge in [0, 0.05) is 24.5 Å². The second-order valence-electron chi connectivity index (χ2n) is 4.28. The molecule has 0 saturated carbocycles. The maximum Gasteiger partial charge on any atom is 0.141 e. The van der Waals surface area contributed by atoms with Crippen LogP contribution in [0.3, 0.4) is 0 Å². The van der Waals surface area contributed by atoms with Gasteiger partial charge in [-0.1, -0.05) is 6.07 Å². The first-order valence-electron chi connectivity index (χ1n) is 5.78. The third kappa shape index (κ3) is 1.50. The van der Waals surface area contributed by atoms with Crippen LogP contribution >= 0.6 is 0 Å². The lowest BCUT2D eigenvalue weighted by Gasteiger charge is -2.04. The molecule has 4 nitrogen and oxygen atoms in total. The van der Waals surface area contributed by atoms with Crippen LogP contribution in [0.2, 0.25) is 0 Å². The molecule has 3 rings (SSSR count). The fourth-order valence-electron chi connectivity index (χ4n) is 2.35. The Morgan fingerprint density at radius 2 is 2.50 bits per heavy atom. The Kier molecular flexibility index (Phi) is 2.38. The number of fused-ring (bicyclic) bond motifs is 1. The molecule has 2 aromatic heterocycles. The number of aromatic nitrogens is 2. The molecule has 0 spiro atoms. The SMILES string of the molecule is NCc1cccn2cc(C3CCCN3)nc12. The quantitative estimate of drug-likeness (QED) is 0.793. The van der Waals surface area contributed by atoms with Crippen molar-refractivity contribution < 1.29 is 0 Å². The predicted octanol–water partition coefficient (Wildman–Crippen LogP) is 1.22. The minimum absolute atomic E-state index is 0.422. The minimum Gasteiger partial charge on any atom is -0.326 e. The van der Waals surface area contributed by atoms with Gasteiger partial charge in [-0.25, -0.2) is 4.98 Å². The highest BCUT2D eigenvalue weighted by Gasteiger charge is 2.19. The predicted molar refractivity (Wildman–Crippen MR) is 63.1 cm³/mol. The second-order valence-corrected chi connectivity index (χ2v) is 4.28. The number of nitrogens with zero attached hydrogens (tertiary/aromatic N) is 2. The molecule has 4 heteroatoms. The maximum atomic E-state index is 5.71. The Bertz CT molecular complexity index is 497. The smallest absolute Gasteiger partial charge is 0.141 e. The van der Waals surface area contributed by atoms with E-state index in [0.29, 0.717) is 12.6 Å². The van der Waals surface area contributed by atoms with Gasteiger partial charge in [-0.3, -0.25) is 0 Å². The molecule has 0 amide bonds. The molecule has 0 radical (unpaired) electrons. The summed E-state index contributed by atoms with van der Waals surface area (Å²) in [5.74, 6) is 0. The summed E-state index contributed by atoms with van der Waals surface area (Å²) < 4.78 is 2.07. The number of nitrogens with one attached hydrogen (secondary N) is 1. The van der Waals surface area contributed by atoms with E-state index in [1.165, 1.54) is 12.8 Å². The molecular formula is C12H16N4. The van der Waals surface area contributed by atoms with Gasteiger partial charge in [0.15, 0.2) is 0 Å². The van der Waals surface area contributed by atoms with E-state index in [1.807, 2.05) is 18.3 Å². The first-order chi connectivity index (χ1) is 7.88. The zero-order chi connectivity index (χ0) is 11.0. The average molecular weight is 216 g/mol. The molecule has 1 aliphatic heterocycles. The van der Waals surface area contributed by atoms with Crippen LogP contribution in [0.15, 0.2) is 24.5 Å². The van der Waals surface area contributed by atoms with E-state index in [4.69, 9.17) is 5.73 Å². The highest BCUT2D eigenvalue weighted by atomic mass is 15.0. The first-order valence-corrected chi connectivity index (χ1v) is 5.78. The highest BCUT2D eigenvalue weighted by Crippen LogP contribution is 2.23. The summed E-state index contributed by atoms with van der Waals surface area (Å²) in [6.07, 6.45) is 6.56. The lowest BCUT2D eigenvalue weighted by molar-refractivity contribution is 0.632. The first kappa shape index (κ1) is 9.81. The summed E-state index contributed by atoms with van der Waals surface area (Å²) in [6, 6.07) is 4.47. The van der Waals surface area contributed by atoms with E-state index >= 15 is 0 Å². The van der Waals surface area contributed by atoms with Gasteiger partial charge in [0.1, 0.15) is 5.65 Å². The molecule has 84 valence electrons. The fourth-order valence-corrected chi connectivity index (χ4v) is 2.35. The largest absolute Gasteiger partial charge is 0.326 e. The third-order valence-electron chi connectivity index (χ3n) is 3.22. The zero-order valence-electron chi connectivity index (χ0n) is 9.19. The van der Waals surface area contributed by atoms with Crippen LogP contribution in [0.5, 0.6) is 0 Å². The summed E-state index contributed by atoms with van der Waals surface area (Å²) in [4.78, 5) is 4.69. The van der Waals surface area contributed by atoms with E-state index < -0.39 is 0 Å². The van der Waals surface area contributed by atoms with Crippen LogP contribution in [0.25, 0.3) is 5.65 Å². The molecule has 0 aromatic carbocycles. The third-order valence-corrected chi connectivity index (χ3v) is 3.22. The van der Waals surface area contributed by atoms with Gasteiger partial charge >= 0.3 is 0 Å². The standard InChI is InChI=1S/C12H16N4/c13-7-9-3-2-6-16-8-11(15-12(9)16)10-4-1-5-14-10/h2-3,6,8,10,14H,1,4-5,7,13H2. The lowest BCUT2D eigenvalue weighted by Crippen LogP contribution is -2.12. The van der Waals surface area contributed by atoms with Crippen LogP contribution in [-0.2, 0) is 6.54 Å². The molecule has 0 aliphatic carbocycles. The summed E-state index contributed by atoms with van der Waals surface area (Å²) in [6.45, 7) is 1.64. The molecule has 1 atom stereocenters. The van der Waals surface area contributed by atoms with Crippen molar-refractivity contribution in [2.75, 3.05) is 6.54 Å². The summed E-state index contributed by atoms with van der Waals surface area (Å²) >= 11 is 0. The minimum atomic E-state index is 0.422. The number of rotatable bonds is 2. The van der Waals surface area contributed by atoms with E-state index in [-0.39, 0.29) is 0 Å². The molecule has 2 aromatic rings. The van der Waals surface area contributed by atoms with Gasteiger partial charge in [-0.05, 0) is 25.5 Å². The Labute approximate surface area is 94.5 Å². The highest BCUT2D eigenvalue weighted by molar-refractivity contribution is 5.49. The van der Waals surface area contributed by atoms with E-state index in [1.54, 1.807) is 0 Å². The van der Waals surface area contributed by atoms with Gasteiger partial charge in [0.2, 0.25) is 0 Å². The second kappa shape index (κ2) is 3.88. The Morgan fingerprint density at radius 1 is 1.56 bits per heavy atom. The van der Waals surface area contributed by atoms with Crippen LogP contribution in [0, 0.1) is 0 Å². The van der Waals surface area contributed by atoms with Crippen LogP contribution in [0.4, 0.5) is 0 Å². The molecule has 3 N–H and O–H groups in total. The van der Waals surface area contributed by atoms with Crippen molar-refractivity contribution in [1.29, 1.82) is 0 Å². The van der Waals surface area contributed by atoms with Crippen molar-refractivity contribution >= 4 is 5.65 Å². The van der Waals surface area contributed by atoms with Gasteiger partial charge in [0.25, 0.3) is 0 Å². The van der Waals surface area contributed by atoms with Crippen molar-refractivity contribution in [2.45, 2.75) is 25.4 Å². The number of nitrogens with two attached hydrogens (primary N) is 1. The molecule has 1 fully saturated rings. The molecule has 16 heavy (non-hydrogen) atoms. The van der Waals surface area contributed by atoms with Crippen molar-refractivity contribution in [3.05, 3.63) is 35.8 Å². The topological polar surface area (TPSA) is 55.4 Å². The lowest BCUT2D eigenvalue weighted by atomic mass is 10.2. The van der Waals surface area contributed by atoms with E-state index in [9.17, 15) is 0 Å². The molecule has 1 aliphatic rings. The molecule has 1 saturated heterocycles. The van der Waals surface area contributed by atoms with Gasteiger partial charge in [-0.2, -0.15) is 0 Å². The summed E-state index contributed by atoms with van der Waals surface area (Å²) in [5.41, 5.74) is 8.94. The van der Waals surface area contributed by atoms with Gasteiger partial charge in [0.05, 0.1) is 11.7 Å². The molecule has 3 heterocycles. The Morgan fingerprint density at radius 3 is 3.25 bits per heavy atom. The van der Waals surface area contributed by atoms with Crippen LogP contribution in [0.1, 0.15) is 30.1 Å². The van der Waals surface area contributed by atoms with Crippen molar-refractivity contribution in [3.63, 3.8) is 0 Å². The van der Waals surface area contributed by atoms with Crippen LogP contribution in [-0.4, -0.2) is 15.9 Å². The molecule has 1 unspecified atom stereocenters. The monoisotopic (exact) mass is 216 g/mol. The van der Waals surface area contributed by atoms with Crippen molar-refractivity contribution in [2.24, 2.45) is 5.73 Å². The summed E-state index contributed by atoms with van der Waals surface area (Å²) in [5, 5.41) is 3.46. The zero-order valence-corrected chi connectivity index (χ0v) is 9.19. The maximum absolute atomic E-state index is 5.71. The number of pyridine rings is 1.